The van der Waals surface area contributed by atoms with Crippen molar-refractivity contribution in [3.05, 3.63) is 81.9 Å². The number of hydrogen-bond acceptors (Lipinski definition) is 4. The second-order valence-electron chi connectivity index (χ2n) is 7.43. The Hall–Kier alpha value is -2.21. The maximum atomic E-state index is 6.35. The molecule has 0 bridgehead atoms. The van der Waals surface area contributed by atoms with Crippen LogP contribution in [-0.2, 0) is 24.8 Å². The summed E-state index contributed by atoms with van der Waals surface area (Å²) in [6.07, 6.45) is 4.77. The highest BCUT2D eigenvalue weighted by molar-refractivity contribution is 6.31. The molecule has 0 saturated carbocycles. The van der Waals surface area contributed by atoms with Gasteiger partial charge in [0.25, 0.3) is 0 Å². The normalized spacial score (nSPS) is 17.8. The van der Waals surface area contributed by atoms with Crippen molar-refractivity contribution in [2.24, 2.45) is 7.05 Å². The molecule has 0 spiro atoms. The highest BCUT2D eigenvalue weighted by Gasteiger charge is 2.24. The monoisotopic (exact) mass is 396 g/mol. The predicted octanol–water partition coefficient (Wildman–Crippen LogP) is 3.94. The van der Waals surface area contributed by atoms with Crippen molar-refractivity contribution >= 4 is 11.6 Å². The predicted molar refractivity (Wildman–Crippen MR) is 110 cm³/mol. The van der Waals surface area contributed by atoms with Crippen molar-refractivity contribution in [3.8, 4) is 0 Å². The maximum Gasteiger partial charge on any atom is 0.112 e. The van der Waals surface area contributed by atoms with Crippen LogP contribution >= 0.6 is 11.6 Å². The summed E-state index contributed by atoms with van der Waals surface area (Å²) in [7, 11) is 1.95. The van der Waals surface area contributed by atoms with Crippen LogP contribution in [0.25, 0.3) is 0 Å². The van der Waals surface area contributed by atoms with Crippen LogP contribution in [0.15, 0.2) is 48.8 Å². The first-order valence-corrected chi connectivity index (χ1v) is 9.97. The lowest BCUT2D eigenvalue weighted by atomic mass is 10.0. The summed E-state index contributed by atoms with van der Waals surface area (Å²) in [5.41, 5.74) is 5.57. The molecule has 1 atom stereocenters. The molecule has 3 aromatic rings. The smallest absolute Gasteiger partial charge is 0.112 e. The molecule has 1 aliphatic heterocycles. The lowest BCUT2D eigenvalue weighted by molar-refractivity contribution is -0.0350. The Labute approximate surface area is 170 Å². The van der Waals surface area contributed by atoms with Crippen LogP contribution in [0.5, 0.6) is 0 Å². The van der Waals surface area contributed by atoms with Crippen molar-refractivity contribution in [2.45, 2.75) is 26.0 Å². The van der Waals surface area contributed by atoms with Gasteiger partial charge in [-0.1, -0.05) is 29.8 Å². The number of benzene rings is 1. The SMILES string of the molecule is Cc1cc(Cc2ccccc2Cl)cc([C@@H]2CN(Cc3cnn(C)c3)CCO2)n1. The van der Waals surface area contributed by atoms with Gasteiger partial charge in [0, 0.05) is 49.2 Å². The second-order valence-corrected chi connectivity index (χ2v) is 7.83. The van der Waals surface area contributed by atoms with Gasteiger partial charge < -0.3 is 4.74 Å². The molecular weight excluding hydrogens is 372 g/mol. The molecule has 0 aliphatic carbocycles. The van der Waals surface area contributed by atoms with E-state index < -0.39 is 0 Å². The first-order chi connectivity index (χ1) is 13.6. The Morgan fingerprint density at radius 2 is 2.07 bits per heavy atom. The van der Waals surface area contributed by atoms with Gasteiger partial charge in [-0.05, 0) is 42.7 Å². The molecule has 1 aliphatic rings. The summed E-state index contributed by atoms with van der Waals surface area (Å²) in [4.78, 5) is 7.17. The first-order valence-electron chi connectivity index (χ1n) is 9.59. The molecule has 3 heterocycles. The van der Waals surface area contributed by atoms with Gasteiger partial charge in [0.05, 0.1) is 18.5 Å². The summed E-state index contributed by atoms with van der Waals surface area (Å²) in [5.74, 6) is 0. The molecule has 5 nitrogen and oxygen atoms in total. The fourth-order valence-electron chi connectivity index (χ4n) is 3.73. The Bertz CT molecular complexity index is 955. The molecule has 28 heavy (non-hydrogen) atoms. The number of rotatable bonds is 5. The minimum Gasteiger partial charge on any atom is -0.369 e. The minimum absolute atomic E-state index is 0.0182. The van der Waals surface area contributed by atoms with Crippen molar-refractivity contribution in [3.63, 3.8) is 0 Å². The van der Waals surface area contributed by atoms with Gasteiger partial charge in [-0.3, -0.25) is 14.6 Å². The van der Waals surface area contributed by atoms with Gasteiger partial charge in [-0.15, -0.1) is 0 Å². The van der Waals surface area contributed by atoms with Crippen LogP contribution in [0.1, 0.15) is 34.2 Å². The van der Waals surface area contributed by atoms with Crippen molar-refractivity contribution in [1.82, 2.24) is 19.7 Å². The molecule has 6 heteroatoms. The Morgan fingerprint density at radius 1 is 1.21 bits per heavy atom. The highest BCUT2D eigenvalue weighted by Crippen LogP contribution is 2.25. The third-order valence-electron chi connectivity index (χ3n) is 5.03. The summed E-state index contributed by atoms with van der Waals surface area (Å²) in [6, 6.07) is 12.3. The molecular formula is C22H25ClN4O. The highest BCUT2D eigenvalue weighted by atomic mass is 35.5. The van der Waals surface area contributed by atoms with Crippen LogP contribution in [0.2, 0.25) is 5.02 Å². The number of pyridine rings is 1. The zero-order chi connectivity index (χ0) is 19.5. The summed E-state index contributed by atoms with van der Waals surface area (Å²) in [6.45, 7) is 5.38. The van der Waals surface area contributed by atoms with Gasteiger partial charge in [0.15, 0.2) is 0 Å². The second kappa shape index (κ2) is 8.43. The Balaban J connectivity index is 1.50. The van der Waals surface area contributed by atoms with Crippen molar-refractivity contribution < 1.29 is 4.74 Å². The number of hydrogen-bond donors (Lipinski definition) is 0. The van der Waals surface area contributed by atoms with Crippen LogP contribution in [0.3, 0.4) is 0 Å². The van der Waals surface area contributed by atoms with Gasteiger partial charge in [-0.2, -0.15) is 5.10 Å². The number of morpholine rings is 1. The Morgan fingerprint density at radius 3 is 2.86 bits per heavy atom. The quantitative estimate of drug-likeness (QED) is 0.655. The summed E-state index contributed by atoms with van der Waals surface area (Å²) >= 11 is 6.35. The topological polar surface area (TPSA) is 43.2 Å². The molecule has 1 aromatic carbocycles. The van der Waals surface area contributed by atoms with E-state index in [0.29, 0.717) is 6.61 Å². The molecule has 0 amide bonds. The lowest BCUT2D eigenvalue weighted by Crippen LogP contribution is -2.38. The number of nitrogens with zero attached hydrogens (tertiary/aromatic N) is 4. The largest absolute Gasteiger partial charge is 0.369 e. The summed E-state index contributed by atoms with van der Waals surface area (Å²) < 4.78 is 7.91. The molecule has 0 N–H and O–H groups in total. The molecule has 0 radical (unpaired) electrons. The fraction of sp³-hybridized carbons (Fsp3) is 0.364. The van der Waals surface area contributed by atoms with Crippen molar-refractivity contribution in [1.29, 1.82) is 0 Å². The fourth-order valence-corrected chi connectivity index (χ4v) is 3.94. The van der Waals surface area contributed by atoms with E-state index in [1.807, 2.05) is 43.0 Å². The number of aryl methyl sites for hydroxylation is 2. The third kappa shape index (κ3) is 4.61. The van der Waals surface area contributed by atoms with E-state index in [1.54, 1.807) is 0 Å². The van der Waals surface area contributed by atoms with E-state index in [0.717, 1.165) is 48.0 Å². The van der Waals surface area contributed by atoms with E-state index in [2.05, 4.69) is 34.4 Å². The van der Waals surface area contributed by atoms with Gasteiger partial charge in [0.2, 0.25) is 0 Å². The van der Waals surface area contributed by atoms with Crippen LogP contribution in [0.4, 0.5) is 0 Å². The number of aromatic nitrogens is 3. The minimum atomic E-state index is -0.0182. The molecule has 4 rings (SSSR count). The zero-order valence-electron chi connectivity index (χ0n) is 16.3. The van der Waals surface area contributed by atoms with Crippen LogP contribution in [-0.4, -0.2) is 39.4 Å². The standard InChI is InChI=1S/C22H25ClN4O/c1-16-9-17(10-19-5-3-4-6-20(19)23)11-21(25-16)22-15-27(7-8-28-22)14-18-12-24-26(2)13-18/h3-6,9,11-13,22H,7-8,10,14-15H2,1-2H3/t22-/m0/s1. The molecule has 1 saturated heterocycles. The average Bonchev–Trinajstić information content (AvgIpc) is 3.08. The first kappa shape index (κ1) is 19.1. The molecule has 2 aromatic heterocycles. The van der Waals surface area contributed by atoms with Gasteiger partial charge in [-0.25, -0.2) is 0 Å². The molecule has 0 unspecified atom stereocenters. The van der Waals surface area contributed by atoms with Gasteiger partial charge in [0.1, 0.15) is 6.10 Å². The van der Waals surface area contributed by atoms with Crippen molar-refractivity contribution in [2.75, 3.05) is 19.7 Å². The Kier molecular flexibility index (Phi) is 5.76. The number of halogens is 1. The lowest BCUT2D eigenvalue weighted by Gasteiger charge is -2.32. The molecule has 146 valence electrons. The van der Waals surface area contributed by atoms with E-state index in [4.69, 9.17) is 21.3 Å². The maximum absolute atomic E-state index is 6.35. The van der Waals surface area contributed by atoms with E-state index in [1.165, 1.54) is 11.1 Å². The average molecular weight is 397 g/mol. The number of ether oxygens (including phenoxy) is 1. The molecule has 1 fully saturated rings. The van der Waals surface area contributed by atoms with Gasteiger partial charge >= 0.3 is 0 Å². The van der Waals surface area contributed by atoms with Crippen LogP contribution in [0, 0.1) is 6.92 Å². The van der Waals surface area contributed by atoms with E-state index in [-0.39, 0.29) is 6.10 Å². The van der Waals surface area contributed by atoms with E-state index >= 15 is 0 Å². The van der Waals surface area contributed by atoms with E-state index in [9.17, 15) is 0 Å². The summed E-state index contributed by atoms with van der Waals surface area (Å²) in [5, 5.41) is 5.07. The zero-order valence-corrected chi connectivity index (χ0v) is 17.1. The third-order valence-corrected chi connectivity index (χ3v) is 5.40. The van der Waals surface area contributed by atoms with Crippen LogP contribution < -0.4 is 0 Å².